The summed E-state index contributed by atoms with van der Waals surface area (Å²) in [6.45, 7) is 0. The van der Waals surface area contributed by atoms with Gasteiger partial charge < -0.3 is 4.74 Å². The SMILES string of the molecule is [CH2]S(=O)(=O)N(C)c1ccc(OC)cc1. The van der Waals surface area contributed by atoms with Crippen molar-refractivity contribution in [2.45, 2.75) is 0 Å². The molecule has 4 nitrogen and oxygen atoms in total. The van der Waals surface area contributed by atoms with Gasteiger partial charge in [0.05, 0.1) is 19.1 Å². The number of sulfonamides is 1. The predicted octanol–water partition coefficient (Wildman–Crippen LogP) is 1.25. The highest BCUT2D eigenvalue weighted by atomic mass is 32.2. The van der Waals surface area contributed by atoms with Crippen LogP contribution < -0.4 is 9.04 Å². The Morgan fingerprint density at radius 1 is 1.29 bits per heavy atom. The molecule has 14 heavy (non-hydrogen) atoms. The smallest absolute Gasteiger partial charge is 0.235 e. The molecule has 77 valence electrons. The molecular weight excluding hydrogens is 202 g/mol. The molecule has 0 unspecified atom stereocenters. The third-order valence-corrected chi connectivity index (χ3v) is 2.90. The first kappa shape index (κ1) is 10.8. The van der Waals surface area contributed by atoms with Crippen molar-refractivity contribution >= 4 is 15.7 Å². The lowest BCUT2D eigenvalue weighted by Crippen LogP contribution is -2.23. The van der Waals surface area contributed by atoms with E-state index in [4.69, 9.17) is 4.74 Å². The minimum Gasteiger partial charge on any atom is -0.497 e. The normalized spacial score (nSPS) is 11.1. The maximum Gasteiger partial charge on any atom is 0.235 e. The monoisotopic (exact) mass is 214 g/mol. The van der Waals surface area contributed by atoms with E-state index in [1.807, 2.05) is 0 Å². The largest absolute Gasteiger partial charge is 0.497 e. The van der Waals surface area contributed by atoms with E-state index >= 15 is 0 Å². The van der Waals surface area contributed by atoms with Crippen LogP contribution in [0, 0.1) is 6.26 Å². The zero-order chi connectivity index (χ0) is 10.8. The van der Waals surface area contributed by atoms with Crippen LogP contribution in [-0.4, -0.2) is 22.6 Å². The van der Waals surface area contributed by atoms with E-state index in [-0.39, 0.29) is 0 Å². The summed E-state index contributed by atoms with van der Waals surface area (Å²) in [5.41, 5.74) is 0.556. The molecule has 0 amide bonds. The van der Waals surface area contributed by atoms with Gasteiger partial charge in [0.2, 0.25) is 10.0 Å². The number of ether oxygens (including phenoxy) is 1. The van der Waals surface area contributed by atoms with Crippen LogP contribution in [0.25, 0.3) is 0 Å². The van der Waals surface area contributed by atoms with E-state index in [1.165, 1.54) is 7.05 Å². The van der Waals surface area contributed by atoms with Crippen LogP contribution in [0.1, 0.15) is 0 Å². The Hall–Kier alpha value is -1.23. The van der Waals surface area contributed by atoms with Crippen molar-refractivity contribution in [3.63, 3.8) is 0 Å². The first-order chi connectivity index (χ1) is 6.45. The molecular formula is C9H12NO3S. The number of methoxy groups -OCH3 is 1. The summed E-state index contributed by atoms with van der Waals surface area (Å²) in [7, 11) is -0.432. The summed E-state index contributed by atoms with van der Waals surface area (Å²) in [5.74, 6) is 0.684. The number of rotatable bonds is 3. The molecule has 0 N–H and O–H groups in total. The Morgan fingerprint density at radius 3 is 2.14 bits per heavy atom. The molecule has 1 aromatic carbocycles. The number of benzene rings is 1. The van der Waals surface area contributed by atoms with Crippen LogP contribution in [0.15, 0.2) is 24.3 Å². The van der Waals surface area contributed by atoms with Gasteiger partial charge in [-0.1, -0.05) is 0 Å². The van der Waals surface area contributed by atoms with Gasteiger partial charge in [-0.15, -0.1) is 0 Å². The third-order valence-electron chi connectivity index (χ3n) is 1.85. The molecule has 0 bridgehead atoms. The fourth-order valence-corrected chi connectivity index (χ4v) is 1.40. The van der Waals surface area contributed by atoms with Crippen molar-refractivity contribution < 1.29 is 13.2 Å². The molecule has 0 fully saturated rings. The standard InChI is InChI=1S/C9H12NO3S/c1-10(14(3,11)12)8-4-6-9(13-2)7-5-8/h4-7H,3H2,1-2H3. The topological polar surface area (TPSA) is 46.6 Å². The zero-order valence-electron chi connectivity index (χ0n) is 8.10. The summed E-state index contributed by atoms with van der Waals surface area (Å²) in [4.78, 5) is 0. The zero-order valence-corrected chi connectivity index (χ0v) is 8.91. The number of nitrogens with zero attached hydrogens (tertiary/aromatic N) is 1. The van der Waals surface area contributed by atoms with Crippen molar-refractivity contribution in [2.75, 3.05) is 18.5 Å². The van der Waals surface area contributed by atoms with Crippen molar-refractivity contribution in [1.82, 2.24) is 0 Å². The van der Waals surface area contributed by atoms with Crippen molar-refractivity contribution in [1.29, 1.82) is 0 Å². The Morgan fingerprint density at radius 2 is 1.79 bits per heavy atom. The van der Waals surface area contributed by atoms with Crippen LogP contribution in [0.2, 0.25) is 0 Å². The molecule has 0 aromatic heterocycles. The molecule has 0 saturated carbocycles. The van der Waals surface area contributed by atoms with Gasteiger partial charge in [0.25, 0.3) is 0 Å². The molecule has 1 radical (unpaired) electrons. The van der Waals surface area contributed by atoms with E-state index in [2.05, 4.69) is 6.26 Å². The van der Waals surface area contributed by atoms with E-state index in [1.54, 1.807) is 31.4 Å². The molecule has 0 aliphatic rings. The second kappa shape index (κ2) is 3.88. The molecule has 0 aliphatic heterocycles. The summed E-state index contributed by atoms with van der Waals surface area (Å²) in [6, 6.07) is 6.69. The van der Waals surface area contributed by atoms with Crippen LogP contribution in [0.5, 0.6) is 5.75 Å². The number of hydrogen-bond acceptors (Lipinski definition) is 3. The predicted molar refractivity (Wildman–Crippen MR) is 55.7 cm³/mol. The lowest BCUT2D eigenvalue weighted by molar-refractivity contribution is 0.415. The second-order valence-electron chi connectivity index (χ2n) is 2.78. The van der Waals surface area contributed by atoms with Gasteiger partial charge in [0.15, 0.2) is 0 Å². The maximum absolute atomic E-state index is 11.1. The Bertz CT molecular complexity index is 397. The Labute approximate surface area is 84.2 Å². The van der Waals surface area contributed by atoms with Gasteiger partial charge in [0.1, 0.15) is 5.75 Å². The Balaban J connectivity index is 2.98. The van der Waals surface area contributed by atoms with Gasteiger partial charge >= 0.3 is 0 Å². The van der Waals surface area contributed by atoms with Gasteiger partial charge in [-0.25, -0.2) is 8.42 Å². The number of anilines is 1. The van der Waals surface area contributed by atoms with Crippen LogP contribution in [0.4, 0.5) is 5.69 Å². The summed E-state index contributed by atoms with van der Waals surface area (Å²) in [5, 5.41) is 0. The second-order valence-corrected chi connectivity index (χ2v) is 4.49. The lowest BCUT2D eigenvalue weighted by Gasteiger charge is -2.16. The number of hydrogen-bond donors (Lipinski definition) is 0. The molecule has 0 aliphatic carbocycles. The highest BCUT2D eigenvalue weighted by Gasteiger charge is 2.11. The minimum atomic E-state index is -3.43. The molecule has 0 spiro atoms. The quantitative estimate of drug-likeness (QED) is 0.760. The van der Waals surface area contributed by atoms with E-state index in [9.17, 15) is 8.42 Å². The van der Waals surface area contributed by atoms with Crippen molar-refractivity contribution in [2.24, 2.45) is 0 Å². The van der Waals surface area contributed by atoms with Crippen molar-refractivity contribution in [3.8, 4) is 5.75 Å². The molecule has 5 heteroatoms. The molecule has 0 heterocycles. The van der Waals surface area contributed by atoms with Crippen molar-refractivity contribution in [3.05, 3.63) is 30.5 Å². The molecule has 0 saturated heterocycles. The van der Waals surface area contributed by atoms with Gasteiger partial charge in [0, 0.05) is 7.05 Å². The average molecular weight is 214 g/mol. The van der Waals surface area contributed by atoms with Crippen LogP contribution >= 0.6 is 0 Å². The van der Waals surface area contributed by atoms with Crippen LogP contribution in [0.3, 0.4) is 0 Å². The average Bonchev–Trinajstić information content (AvgIpc) is 2.15. The van der Waals surface area contributed by atoms with E-state index in [0.717, 1.165) is 4.31 Å². The Kier molecular flexibility index (Phi) is 3.00. The fourth-order valence-electron chi connectivity index (χ4n) is 0.953. The summed E-state index contributed by atoms with van der Waals surface area (Å²) in [6.07, 6.45) is 3.06. The van der Waals surface area contributed by atoms with Gasteiger partial charge in [-0.05, 0) is 24.3 Å². The first-order valence-electron chi connectivity index (χ1n) is 3.91. The summed E-state index contributed by atoms with van der Waals surface area (Å²) < 4.78 is 28.2. The maximum atomic E-state index is 11.1. The third kappa shape index (κ3) is 2.38. The minimum absolute atomic E-state index is 0.556. The lowest BCUT2D eigenvalue weighted by atomic mass is 10.3. The van der Waals surface area contributed by atoms with E-state index in [0.29, 0.717) is 11.4 Å². The molecule has 0 atom stereocenters. The molecule has 1 rings (SSSR count). The molecule has 1 aromatic rings. The fraction of sp³-hybridized carbons (Fsp3) is 0.222. The first-order valence-corrected chi connectivity index (χ1v) is 5.52. The van der Waals surface area contributed by atoms with Gasteiger partial charge in [-0.3, -0.25) is 4.31 Å². The van der Waals surface area contributed by atoms with E-state index < -0.39 is 10.0 Å². The highest BCUT2D eigenvalue weighted by Crippen LogP contribution is 2.19. The van der Waals surface area contributed by atoms with Crippen LogP contribution in [-0.2, 0) is 10.0 Å². The highest BCUT2D eigenvalue weighted by molar-refractivity contribution is 7.93. The summed E-state index contributed by atoms with van der Waals surface area (Å²) >= 11 is 0. The van der Waals surface area contributed by atoms with Gasteiger partial charge in [-0.2, -0.15) is 0 Å².